The number of rotatable bonds is 8. The SMILES string of the molecule is CCCNCC1CCCCN1Cc1nc(CCC)no1. The molecule has 0 spiro atoms. The van der Waals surface area contributed by atoms with Crippen LogP contribution in [0.4, 0.5) is 0 Å². The van der Waals surface area contributed by atoms with E-state index in [1.807, 2.05) is 0 Å². The normalized spacial score (nSPS) is 20.4. The third kappa shape index (κ3) is 4.56. The van der Waals surface area contributed by atoms with Gasteiger partial charge in [0.2, 0.25) is 5.89 Å². The molecular weight excluding hydrogens is 252 g/mol. The lowest BCUT2D eigenvalue weighted by Gasteiger charge is -2.34. The predicted octanol–water partition coefficient (Wildman–Crippen LogP) is 2.38. The molecule has 20 heavy (non-hydrogen) atoms. The fourth-order valence-corrected chi connectivity index (χ4v) is 2.80. The van der Waals surface area contributed by atoms with Crippen LogP contribution in [0.15, 0.2) is 4.52 Å². The fourth-order valence-electron chi connectivity index (χ4n) is 2.80. The average molecular weight is 280 g/mol. The number of hydrogen-bond acceptors (Lipinski definition) is 5. The van der Waals surface area contributed by atoms with E-state index in [2.05, 4.69) is 34.2 Å². The van der Waals surface area contributed by atoms with Crippen molar-refractivity contribution in [3.05, 3.63) is 11.7 Å². The van der Waals surface area contributed by atoms with Crippen molar-refractivity contribution in [1.29, 1.82) is 0 Å². The van der Waals surface area contributed by atoms with E-state index in [1.165, 1.54) is 25.7 Å². The highest BCUT2D eigenvalue weighted by molar-refractivity contribution is 4.89. The van der Waals surface area contributed by atoms with Crippen LogP contribution < -0.4 is 5.32 Å². The summed E-state index contributed by atoms with van der Waals surface area (Å²) in [6, 6.07) is 0.608. The summed E-state index contributed by atoms with van der Waals surface area (Å²) in [6.45, 7) is 8.46. The highest BCUT2D eigenvalue weighted by Crippen LogP contribution is 2.18. The molecule has 0 bridgehead atoms. The fraction of sp³-hybridized carbons (Fsp3) is 0.867. The molecule has 1 aliphatic rings. The van der Waals surface area contributed by atoms with Gasteiger partial charge in [0.1, 0.15) is 0 Å². The largest absolute Gasteiger partial charge is 0.338 e. The van der Waals surface area contributed by atoms with Gasteiger partial charge in [-0.3, -0.25) is 4.90 Å². The van der Waals surface area contributed by atoms with Crippen LogP contribution in [0.2, 0.25) is 0 Å². The highest BCUT2D eigenvalue weighted by atomic mass is 16.5. The Kier molecular flexibility index (Phi) is 6.47. The van der Waals surface area contributed by atoms with Crippen molar-refractivity contribution in [1.82, 2.24) is 20.4 Å². The molecule has 0 aliphatic carbocycles. The van der Waals surface area contributed by atoms with E-state index in [1.54, 1.807) is 0 Å². The molecule has 1 fully saturated rings. The van der Waals surface area contributed by atoms with E-state index in [4.69, 9.17) is 4.52 Å². The number of aryl methyl sites for hydroxylation is 1. The van der Waals surface area contributed by atoms with Crippen LogP contribution in [0.5, 0.6) is 0 Å². The first-order valence-corrected chi connectivity index (χ1v) is 8.09. The van der Waals surface area contributed by atoms with Crippen molar-refractivity contribution in [2.45, 2.75) is 65.0 Å². The van der Waals surface area contributed by atoms with Crippen LogP contribution in [0.25, 0.3) is 0 Å². The quantitative estimate of drug-likeness (QED) is 0.741. The number of hydrogen-bond donors (Lipinski definition) is 1. The summed E-state index contributed by atoms with van der Waals surface area (Å²) < 4.78 is 5.37. The first kappa shape index (κ1) is 15.4. The van der Waals surface area contributed by atoms with E-state index in [-0.39, 0.29) is 0 Å². The van der Waals surface area contributed by atoms with E-state index < -0.39 is 0 Å². The highest BCUT2D eigenvalue weighted by Gasteiger charge is 2.23. The minimum atomic E-state index is 0.608. The molecule has 1 N–H and O–H groups in total. The molecule has 0 amide bonds. The topological polar surface area (TPSA) is 54.2 Å². The van der Waals surface area contributed by atoms with Gasteiger partial charge in [0.25, 0.3) is 0 Å². The smallest absolute Gasteiger partial charge is 0.240 e. The third-order valence-corrected chi connectivity index (χ3v) is 3.88. The van der Waals surface area contributed by atoms with Crippen LogP contribution in [0.3, 0.4) is 0 Å². The summed E-state index contributed by atoms with van der Waals surface area (Å²) in [5.41, 5.74) is 0. The maximum atomic E-state index is 5.37. The van der Waals surface area contributed by atoms with E-state index in [0.717, 1.165) is 50.7 Å². The summed E-state index contributed by atoms with van der Waals surface area (Å²) >= 11 is 0. The maximum Gasteiger partial charge on any atom is 0.240 e. The Morgan fingerprint density at radius 2 is 2.20 bits per heavy atom. The van der Waals surface area contributed by atoms with Crippen molar-refractivity contribution in [2.75, 3.05) is 19.6 Å². The molecule has 2 heterocycles. The molecule has 0 saturated carbocycles. The van der Waals surface area contributed by atoms with Crippen LogP contribution in [0, 0.1) is 0 Å². The van der Waals surface area contributed by atoms with Crippen molar-refractivity contribution in [3.63, 3.8) is 0 Å². The second-order valence-electron chi connectivity index (χ2n) is 5.68. The summed E-state index contributed by atoms with van der Waals surface area (Å²) in [7, 11) is 0. The Hall–Kier alpha value is -0.940. The molecule has 1 unspecified atom stereocenters. The second-order valence-corrected chi connectivity index (χ2v) is 5.68. The number of nitrogens with zero attached hydrogens (tertiary/aromatic N) is 3. The van der Waals surface area contributed by atoms with Gasteiger partial charge in [-0.25, -0.2) is 0 Å². The Bertz CT molecular complexity index is 380. The molecule has 0 aromatic carbocycles. The molecular formula is C15H28N4O. The Labute approximate surface area is 122 Å². The molecule has 1 aromatic heterocycles. The lowest BCUT2D eigenvalue weighted by molar-refractivity contribution is 0.122. The van der Waals surface area contributed by atoms with E-state index in [0.29, 0.717) is 6.04 Å². The van der Waals surface area contributed by atoms with Crippen LogP contribution >= 0.6 is 0 Å². The molecule has 1 aromatic rings. The number of aromatic nitrogens is 2. The van der Waals surface area contributed by atoms with Crippen molar-refractivity contribution >= 4 is 0 Å². The molecule has 1 atom stereocenters. The van der Waals surface area contributed by atoms with Crippen LogP contribution in [-0.4, -0.2) is 40.7 Å². The third-order valence-electron chi connectivity index (χ3n) is 3.88. The van der Waals surface area contributed by atoms with Gasteiger partial charge in [-0.05, 0) is 38.8 Å². The molecule has 2 rings (SSSR count). The van der Waals surface area contributed by atoms with Gasteiger partial charge >= 0.3 is 0 Å². The lowest BCUT2D eigenvalue weighted by atomic mass is 10.0. The monoisotopic (exact) mass is 280 g/mol. The number of nitrogens with one attached hydrogen (secondary N) is 1. The van der Waals surface area contributed by atoms with E-state index >= 15 is 0 Å². The van der Waals surface area contributed by atoms with Gasteiger partial charge in [0, 0.05) is 19.0 Å². The molecule has 5 heteroatoms. The lowest BCUT2D eigenvalue weighted by Crippen LogP contribution is -2.45. The molecule has 0 radical (unpaired) electrons. The van der Waals surface area contributed by atoms with Gasteiger partial charge in [0.15, 0.2) is 5.82 Å². The first-order chi connectivity index (χ1) is 9.83. The van der Waals surface area contributed by atoms with Crippen molar-refractivity contribution in [2.24, 2.45) is 0 Å². The van der Waals surface area contributed by atoms with Crippen LogP contribution in [0.1, 0.15) is 57.7 Å². The molecule has 1 saturated heterocycles. The number of likely N-dealkylation sites (tertiary alicyclic amines) is 1. The predicted molar refractivity (Wildman–Crippen MR) is 79.5 cm³/mol. The average Bonchev–Trinajstić information content (AvgIpc) is 2.89. The van der Waals surface area contributed by atoms with Gasteiger partial charge in [-0.1, -0.05) is 25.4 Å². The first-order valence-electron chi connectivity index (χ1n) is 8.09. The Morgan fingerprint density at radius 3 is 3.00 bits per heavy atom. The molecule has 114 valence electrons. The zero-order chi connectivity index (χ0) is 14.2. The standard InChI is InChI=1S/C15H28N4O/c1-3-7-14-17-15(20-18-14)12-19-10-6-5-8-13(19)11-16-9-4-2/h13,16H,3-12H2,1-2H3. The van der Waals surface area contributed by atoms with Crippen LogP contribution in [-0.2, 0) is 13.0 Å². The zero-order valence-electron chi connectivity index (χ0n) is 12.9. The summed E-state index contributed by atoms with van der Waals surface area (Å²) in [5.74, 6) is 1.62. The van der Waals surface area contributed by atoms with Gasteiger partial charge in [-0.15, -0.1) is 0 Å². The summed E-state index contributed by atoms with van der Waals surface area (Å²) in [5, 5.41) is 7.58. The Morgan fingerprint density at radius 1 is 1.30 bits per heavy atom. The zero-order valence-corrected chi connectivity index (χ0v) is 12.9. The van der Waals surface area contributed by atoms with E-state index in [9.17, 15) is 0 Å². The second kappa shape index (κ2) is 8.37. The number of piperidine rings is 1. The minimum Gasteiger partial charge on any atom is -0.338 e. The molecule has 1 aliphatic heterocycles. The van der Waals surface area contributed by atoms with Crippen molar-refractivity contribution < 1.29 is 4.52 Å². The van der Waals surface area contributed by atoms with Gasteiger partial charge < -0.3 is 9.84 Å². The Balaban J connectivity index is 1.86. The van der Waals surface area contributed by atoms with Gasteiger partial charge in [-0.2, -0.15) is 4.98 Å². The van der Waals surface area contributed by atoms with Crippen molar-refractivity contribution in [3.8, 4) is 0 Å². The minimum absolute atomic E-state index is 0.608. The summed E-state index contributed by atoms with van der Waals surface area (Å²) in [4.78, 5) is 6.98. The maximum absolute atomic E-state index is 5.37. The molecule has 5 nitrogen and oxygen atoms in total. The summed E-state index contributed by atoms with van der Waals surface area (Å²) in [6.07, 6.45) is 7.04. The van der Waals surface area contributed by atoms with Gasteiger partial charge in [0.05, 0.1) is 6.54 Å².